The normalized spacial score (nSPS) is 15.4. The summed E-state index contributed by atoms with van der Waals surface area (Å²) in [6.07, 6.45) is 1.99. The SMILES string of the molecule is CCCC(N)C(O)Cc1csc(C)n1. The molecule has 2 atom stereocenters. The van der Waals surface area contributed by atoms with Gasteiger partial charge in [0.1, 0.15) is 0 Å². The molecule has 0 fully saturated rings. The molecule has 1 aromatic heterocycles. The van der Waals surface area contributed by atoms with Crippen molar-refractivity contribution in [3.63, 3.8) is 0 Å². The lowest BCUT2D eigenvalue weighted by molar-refractivity contribution is 0.139. The van der Waals surface area contributed by atoms with Crippen molar-refractivity contribution < 1.29 is 5.11 Å². The number of aliphatic hydroxyl groups excluding tert-OH is 1. The van der Waals surface area contributed by atoms with Crippen molar-refractivity contribution in [1.82, 2.24) is 4.98 Å². The number of nitrogens with zero attached hydrogens (tertiary/aromatic N) is 1. The molecular formula is C10H18N2OS. The molecule has 0 saturated heterocycles. The van der Waals surface area contributed by atoms with Gasteiger partial charge in [-0.25, -0.2) is 4.98 Å². The van der Waals surface area contributed by atoms with Crippen molar-refractivity contribution in [2.24, 2.45) is 5.73 Å². The van der Waals surface area contributed by atoms with Crippen LogP contribution in [0.3, 0.4) is 0 Å². The summed E-state index contributed by atoms with van der Waals surface area (Å²) in [4.78, 5) is 4.30. The first-order valence-electron chi connectivity index (χ1n) is 4.98. The third-order valence-corrected chi connectivity index (χ3v) is 3.02. The van der Waals surface area contributed by atoms with Crippen LogP contribution >= 0.6 is 11.3 Å². The van der Waals surface area contributed by atoms with Crippen molar-refractivity contribution in [1.29, 1.82) is 0 Å². The maximum atomic E-state index is 9.75. The topological polar surface area (TPSA) is 59.1 Å². The van der Waals surface area contributed by atoms with E-state index in [9.17, 15) is 5.11 Å². The average Bonchev–Trinajstić information content (AvgIpc) is 2.51. The number of aryl methyl sites for hydroxylation is 1. The monoisotopic (exact) mass is 214 g/mol. The second-order valence-corrected chi connectivity index (χ2v) is 4.64. The molecule has 80 valence electrons. The molecule has 0 aliphatic heterocycles. The minimum atomic E-state index is -0.462. The van der Waals surface area contributed by atoms with E-state index in [1.54, 1.807) is 11.3 Å². The highest BCUT2D eigenvalue weighted by Crippen LogP contribution is 2.12. The Morgan fingerprint density at radius 2 is 2.36 bits per heavy atom. The fourth-order valence-electron chi connectivity index (χ4n) is 1.39. The zero-order valence-corrected chi connectivity index (χ0v) is 9.55. The van der Waals surface area contributed by atoms with Gasteiger partial charge in [-0.15, -0.1) is 11.3 Å². The second kappa shape index (κ2) is 5.44. The van der Waals surface area contributed by atoms with Crippen LogP contribution in [0.4, 0.5) is 0 Å². The van der Waals surface area contributed by atoms with Gasteiger partial charge < -0.3 is 10.8 Å². The molecule has 0 bridgehead atoms. The Bertz CT molecular complexity index is 275. The van der Waals surface area contributed by atoms with Crippen molar-refractivity contribution in [2.45, 2.75) is 45.3 Å². The Hall–Kier alpha value is -0.450. The van der Waals surface area contributed by atoms with Gasteiger partial charge in [-0.2, -0.15) is 0 Å². The predicted octanol–water partition coefficient (Wildman–Crippen LogP) is 1.48. The fraction of sp³-hybridized carbons (Fsp3) is 0.700. The van der Waals surface area contributed by atoms with Gasteiger partial charge in [0.25, 0.3) is 0 Å². The van der Waals surface area contributed by atoms with Crippen molar-refractivity contribution >= 4 is 11.3 Å². The first-order chi connectivity index (χ1) is 6.63. The number of aromatic nitrogens is 1. The van der Waals surface area contributed by atoms with Crippen molar-refractivity contribution in [3.05, 3.63) is 16.1 Å². The zero-order valence-electron chi connectivity index (χ0n) is 8.73. The number of aliphatic hydroxyl groups is 1. The molecule has 0 amide bonds. The first kappa shape index (κ1) is 11.6. The highest BCUT2D eigenvalue weighted by Gasteiger charge is 2.15. The molecule has 0 spiro atoms. The quantitative estimate of drug-likeness (QED) is 0.780. The summed E-state index contributed by atoms with van der Waals surface area (Å²) in [5, 5.41) is 12.8. The Balaban J connectivity index is 2.43. The van der Waals surface area contributed by atoms with Crippen LogP contribution in [-0.2, 0) is 6.42 Å². The number of hydrogen-bond acceptors (Lipinski definition) is 4. The van der Waals surface area contributed by atoms with Crippen LogP contribution in [-0.4, -0.2) is 22.2 Å². The van der Waals surface area contributed by atoms with Gasteiger partial charge in [0.05, 0.1) is 16.8 Å². The summed E-state index contributed by atoms with van der Waals surface area (Å²) in [6.45, 7) is 4.03. The smallest absolute Gasteiger partial charge is 0.0897 e. The van der Waals surface area contributed by atoms with Gasteiger partial charge in [-0.1, -0.05) is 13.3 Å². The molecule has 0 aliphatic carbocycles. The van der Waals surface area contributed by atoms with E-state index < -0.39 is 6.10 Å². The van der Waals surface area contributed by atoms with Crippen LogP contribution in [0, 0.1) is 6.92 Å². The summed E-state index contributed by atoms with van der Waals surface area (Å²) in [5.74, 6) is 0. The van der Waals surface area contributed by atoms with E-state index in [2.05, 4.69) is 11.9 Å². The first-order valence-corrected chi connectivity index (χ1v) is 5.86. The largest absolute Gasteiger partial charge is 0.391 e. The molecule has 3 nitrogen and oxygen atoms in total. The Kier molecular flexibility index (Phi) is 4.51. The van der Waals surface area contributed by atoms with E-state index in [1.807, 2.05) is 12.3 Å². The standard InChI is InChI=1S/C10H18N2OS/c1-3-4-9(11)10(13)5-8-6-14-7(2)12-8/h6,9-10,13H,3-5,11H2,1-2H3. The number of hydrogen-bond donors (Lipinski definition) is 2. The van der Waals surface area contributed by atoms with Crippen LogP contribution in [0.5, 0.6) is 0 Å². The second-order valence-electron chi connectivity index (χ2n) is 3.58. The van der Waals surface area contributed by atoms with Crippen LogP contribution in [0.15, 0.2) is 5.38 Å². The highest BCUT2D eigenvalue weighted by molar-refractivity contribution is 7.09. The zero-order chi connectivity index (χ0) is 10.6. The molecule has 1 rings (SSSR count). The fourth-order valence-corrected chi connectivity index (χ4v) is 2.02. The number of thiazole rings is 1. The lowest BCUT2D eigenvalue weighted by atomic mass is 10.0. The third kappa shape index (κ3) is 3.36. The Labute approximate surface area is 89.0 Å². The summed E-state index contributed by atoms with van der Waals surface area (Å²) < 4.78 is 0. The lowest BCUT2D eigenvalue weighted by Gasteiger charge is -2.16. The maximum Gasteiger partial charge on any atom is 0.0897 e. The van der Waals surface area contributed by atoms with Gasteiger partial charge >= 0.3 is 0 Å². The molecule has 0 radical (unpaired) electrons. The summed E-state index contributed by atoms with van der Waals surface area (Å²) in [6, 6.07) is -0.123. The van der Waals surface area contributed by atoms with E-state index in [1.165, 1.54) is 0 Å². The molecule has 1 heterocycles. The van der Waals surface area contributed by atoms with E-state index >= 15 is 0 Å². The minimum absolute atomic E-state index is 0.123. The van der Waals surface area contributed by atoms with Gasteiger partial charge in [-0.3, -0.25) is 0 Å². The summed E-state index contributed by atoms with van der Waals surface area (Å²) in [5.41, 5.74) is 6.76. The Morgan fingerprint density at radius 1 is 1.64 bits per heavy atom. The van der Waals surface area contributed by atoms with Crippen LogP contribution in [0.25, 0.3) is 0 Å². The van der Waals surface area contributed by atoms with Crippen molar-refractivity contribution in [3.8, 4) is 0 Å². The predicted molar refractivity (Wildman–Crippen MR) is 59.4 cm³/mol. The molecule has 14 heavy (non-hydrogen) atoms. The van der Waals surface area contributed by atoms with Crippen LogP contribution in [0.2, 0.25) is 0 Å². The highest BCUT2D eigenvalue weighted by atomic mass is 32.1. The lowest BCUT2D eigenvalue weighted by Crippen LogP contribution is -2.36. The number of rotatable bonds is 5. The molecule has 0 saturated carbocycles. The number of nitrogens with two attached hydrogens (primary N) is 1. The molecular weight excluding hydrogens is 196 g/mol. The van der Waals surface area contributed by atoms with Gasteiger partial charge in [0.15, 0.2) is 0 Å². The van der Waals surface area contributed by atoms with E-state index in [0.717, 1.165) is 23.5 Å². The van der Waals surface area contributed by atoms with E-state index in [-0.39, 0.29) is 6.04 Å². The molecule has 3 N–H and O–H groups in total. The molecule has 4 heteroatoms. The van der Waals surface area contributed by atoms with E-state index in [0.29, 0.717) is 6.42 Å². The third-order valence-electron chi connectivity index (χ3n) is 2.20. The summed E-state index contributed by atoms with van der Waals surface area (Å²) in [7, 11) is 0. The Morgan fingerprint density at radius 3 is 2.86 bits per heavy atom. The minimum Gasteiger partial charge on any atom is -0.391 e. The summed E-state index contributed by atoms with van der Waals surface area (Å²) >= 11 is 1.61. The maximum absolute atomic E-state index is 9.75. The van der Waals surface area contributed by atoms with Crippen LogP contribution < -0.4 is 5.73 Å². The van der Waals surface area contributed by atoms with Gasteiger partial charge in [0.2, 0.25) is 0 Å². The van der Waals surface area contributed by atoms with Crippen LogP contribution in [0.1, 0.15) is 30.5 Å². The molecule has 0 aromatic carbocycles. The molecule has 1 aromatic rings. The van der Waals surface area contributed by atoms with Crippen molar-refractivity contribution in [2.75, 3.05) is 0 Å². The van der Waals surface area contributed by atoms with Gasteiger partial charge in [0, 0.05) is 17.8 Å². The average molecular weight is 214 g/mol. The molecule has 2 unspecified atom stereocenters. The van der Waals surface area contributed by atoms with Gasteiger partial charge in [-0.05, 0) is 13.3 Å². The van der Waals surface area contributed by atoms with E-state index in [4.69, 9.17) is 5.73 Å². The molecule has 0 aliphatic rings.